The third-order valence-corrected chi connectivity index (χ3v) is 1.53. The Morgan fingerprint density at radius 2 is 2.25 bits per heavy atom. The van der Waals surface area contributed by atoms with Crippen LogP contribution < -0.4 is 5.32 Å². The van der Waals surface area contributed by atoms with E-state index < -0.39 is 5.24 Å². The second kappa shape index (κ2) is 3.88. The first-order valence-electron chi connectivity index (χ1n) is 3.24. The third kappa shape index (κ3) is 2.07. The predicted molar refractivity (Wildman–Crippen MR) is 46.3 cm³/mol. The molecule has 1 N–H and O–H groups in total. The van der Waals surface area contributed by atoms with E-state index in [0.717, 1.165) is 0 Å². The van der Waals surface area contributed by atoms with Crippen molar-refractivity contribution in [2.45, 2.75) is 0 Å². The molecule has 62 valence electrons. The van der Waals surface area contributed by atoms with Crippen LogP contribution in [0.1, 0.15) is 10.4 Å². The van der Waals surface area contributed by atoms with E-state index in [2.05, 4.69) is 5.32 Å². The second-order valence-electron chi connectivity index (χ2n) is 2.12. The molecule has 0 saturated carbocycles. The minimum absolute atomic E-state index is 0.364. The van der Waals surface area contributed by atoms with Gasteiger partial charge >= 0.3 is 0 Å². The van der Waals surface area contributed by atoms with Gasteiger partial charge in [-0.25, -0.2) is 0 Å². The Morgan fingerprint density at radius 3 is 2.83 bits per heavy atom. The van der Waals surface area contributed by atoms with E-state index in [1.54, 1.807) is 18.2 Å². The summed E-state index contributed by atoms with van der Waals surface area (Å²) >= 11 is 5.22. The SMILES string of the molecule is O=CNc1cccc(C(=O)Cl)c1. The molecular weight excluding hydrogens is 178 g/mol. The Morgan fingerprint density at radius 1 is 1.50 bits per heavy atom. The molecule has 0 saturated heterocycles. The Kier molecular flexibility index (Phi) is 2.82. The van der Waals surface area contributed by atoms with Gasteiger partial charge in [0.15, 0.2) is 0 Å². The summed E-state index contributed by atoms with van der Waals surface area (Å²) < 4.78 is 0. The smallest absolute Gasteiger partial charge is 0.252 e. The normalized spacial score (nSPS) is 9.08. The van der Waals surface area contributed by atoms with Gasteiger partial charge in [-0.3, -0.25) is 9.59 Å². The zero-order valence-corrected chi connectivity index (χ0v) is 6.84. The van der Waals surface area contributed by atoms with Crippen LogP contribution >= 0.6 is 11.6 Å². The van der Waals surface area contributed by atoms with Crippen LogP contribution in [0.5, 0.6) is 0 Å². The number of anilines is 1. The van der Waals surface area contributed by atoms with E-state index >= 15 is 0 Å². The molecule has 0 aliphatic heterocycles. The molecule has 0 aliphatic rings. The zero-order valence-electron chi connectivity index (χ0n) is 6.08. The number of carbonyl (C=O) groups excluding carboxylic acids is 2. The Bertz CT molecular complexity index is 312. The first-order chi connectivity index (χ1) is 5.74. The van der Waals surface area contributed by atoms with Gasteiger partial charge in [-0.2, -0.15) is 0 Å². The van der Waals surface area contributed by atoms with E-state index in [0.29, 0.717) is 17.7 Å². The molecule has 0 unspecified atom stereocenters. The monoisotopic (exact) mass is 183 g/mol. The lowest BCUT2D eigenvalue weighted by Crippen LogP contribution is -1.95. The molecule has 1 aromatic rings. The van der Waals surface area contributed by atoms with Gasteiger partial charge in [0.25, 0.3) is 5.24 Å². The lowest BCUT2D eigenvalue weighted by Gasteiger charge is -1.98. The Labute approximate surface area is 74.3 Å². The minimum atomic E-state index is -0.537. The molecular formula is C8H6ClNO2. The molecule has 4 heteroatoms. The topological polar surface area (TPSA) is 46.2 Å². The molecule has 0 heterocycles. The number of carbonyl (C=O) groups is 2. The fourth-order valence-corrected chi connectivity index (χ4v) is 0.917. The summed E-state index contributed by atoms with van der Waals surface area (Å²) in [6.45, 7) is 0. The van der Waals surface area contributed by atoms with Gasteiger partial charge in [-0.05, 0) is 29.8 Å². The highest BCUT2D eigenvalue weighted by molar-refractivity contribution is 6.67. The molecule has 3 nitrogen and oxygen atoms in total. The molecule has 0 aliphatic carbocycles. The minimum Gasteiger partial charge on any atom is -0.329 e. The van der Waals surface area contributed by atoms with Gasteiger partial charge < -0.3 is 5.32 Å². The highest BCUT2D eigenvalue weighted by Crippen LogP contribution is 2.11. The fourth-order valence-electron chi connectivity index (χ4n) is 0.799. The van der Waals surface area contributed by atoms with Crippen molar-refractivity contribution in [2.75, 3.05) is 5.32 Å². The number of hydrogen-bond donors (Lipinski definition) is 1. The summed E-state index contributed by atoms with van der Waals surface area (Å²) in [7, 11) is 0. The second-order valence-corrected chi connectivity index (χ2v) is 2.46. The molecule has 0 radical (unpaired) electrons. The fraction of sp³-hybridized carbons (Fsp3) is 0. The van der Waals surface area contributed by atoms with Crippen LogP contribution in [0.4, 0.5) is 5.69 Å². The van der Waals surface area contributed by atoms with Gasteiger partial charge in [0.1, 0.15) is 0 Å². The van der Waals surface area contributed by atoms with Crippen molar-refractivity contribution >= 4 is 28.9 Å². The average molecular weight is 184 g/mol. The molecule has 1 aromatic carbocycles. The van der Waals surface area contributed by atoms with E-state index in [1.165, 1.54) is 6.07 Å². The van der Waals surface area contributed by atoms with Crippen molar-refractivity contribution in [2.24, 2.45) is 0 Å². The molecule has 0 atom stereocenters. The molecule has 0 fully saturated rings. The van der Waals surface area contributed by atoms with Crippen molar-refractivity contribution in [3.8, 4) is 0 Å². The highest BCUT2D eigenvalue weighted by atomic mass is 35.5. The first-order valence-corrected chi connectivity index (χ1v) is 3.62. The van der Waals surface area contributed by atoms with Gasteiger partial charge in [0.2, 0.25) is 6.41 Å². The Balaban J connectivity index is 2.95. The van der Waals surface area contributed by atoms with E-state index in [9.17, 15) is 9.59 Å². The lowest BCUT2D eigenvalue weighted by molar-refractivity contribution is -0.105. The van der Waals surface area contributed by atoms with Crippen molar-refractivity contribution in [1.29, 1.82) is 0 Å². The number of nitrogens with one attached hydrogen (secondary N) is 1. The molecule has 0 bridgehead atoms. The number of benzene rings is 1. The van der Waals surface area contributed by atoms with Gasteiger partial charge in [0, 0.05) is 11.3 Å². The maximum Gasteiger partial charge on any atom is 0.252 e. The molecule has 0 aromatic heterocycles. The van der Waals surface area contributed by atoms with Crippen molar-refractivity contribution in [1.82, 2.24) is 0 Å². The molecule has 1 rings (SSSR count). The molecule has 0 spiro atoms. The number of halogens is 1. The summed E-state index contributed by atoms with van der Waals surface area (Å²) in [6.07, 6.45) is 0.540. The number of hydrogen-bond acceptors (Lipinski definition) is 2. The summed E-state index contributed by atoms with van der Waals surface area (Å²) in [4.78, 5) is 20.7. The molecule has 12 heavy (non-hydrogen) atoms. The Hall–Kier alpha value is -1.35. The number of amides is 1. The maximum absolute atomic E-state index is 10.7. The van der Waals surface area contributed by atoms with Crippen molar-refractivity contribution < 1.29 is 9.59 Å². The summed E-state index contributed by atoms with van der Waals surface area (Å²) in [5.41, 5.74) is 0.917. The van der Waals surface area contributed by atoms with Gasteiger partial charge in [-0.1, -0.05) is 6.07 Å². The van der Waals surface area contributed by atoms with Crippen LogP contribution in [0.3, 0.4) is 0 Å². The average Bonchev–Trinajstić information content (AvgIpc) is 2.05. The number of rotatable bonds is 3. The highest BCUT2D eigenvalue weighted by Gasteiger charge is 2.00. The van der Waals surface area contributed by atoms with Crippen LogP contribution in [0, 0.1) is 0 Å². The predicted octanol–water partition coefficient (Wildman–Crippen LogP) is 1.63. The summed E-state index contributed by atoms with van der Waals surface area (Å²) in [5.74, 6) is 0. The van der Waals surface area contributed by atoms with E-state index in [1.807, 2.05) is 0 Å². The van der Waals surface area contributed by atoms with Crippen LogP contribution in [-0.2, 0) is 4.79 Å². The van der Waals surface area contributed by atoms with Crippen molar-refractivity contribution in [3.05, 3.63) is 29.8 Å². The lowest BCUT2D eigenvalue weighted by atomic mass is 10.2. The van der Waals surface area contributed by atoms with Crippen molar-refractivity contribution in [3.63, 3.8) is 0 Å². The van der Waals surface area contributed by atoms with Crippen LogP contribution in [-0.4, -0.2) is 11.7 Å². The quantitative estimate of drug-likeness (QED) is 0.572. The van der Waals surface area contributed by atoms with E-state index in [4.69, 9.17) is 11.6 Å². The zero-order chi connectivity index (χ0) is 8.97. The third-order valence-electron chi connectivity index (χ3n) is 1.32. The first kappa shape index (κ1) is 8.74. The van der Waals surface area contributed by atoms with Crippen LogP contribution in [0.15, 0.2) is 24.3 Å². The largest absolute Gasteiger partial charge is 0.329 e. The van der Waals surface area contributed by atoms with E-state index in [-0.39, 0.29) is 0 Å². The van der Waals surface area contributed by atoms with Gasteiger partial charge in [0.05, 0.1) is 0 Å². The summed E-state index contributed by atoms with van der Waals surface area (Å²) in [6, 6.07) is 6.38. The standard InChI is InChI=1S/C8H6ClNO2/c9-8(12)6-2-1-3-7(4-6)10-5-11/h1-5H,(H,10,11). The van der Waals surface area contributed by atoms with Crippen LogP contribution in [0.2, 0.25) is 0 Å². The summed E-state index contributed by atoms with van der Waals surface area (Å²) in [5, 5.41) is 1.87. The van der Waals surface area contributed by atoms with Gasteiger partial charge in [-0.15, -0.1) is 0 Å². The van der Waals surface area contributed by atoms with Crippen LogP contribution in [0.25, 0.3) is 0 Å². The maximum atomic E-state index is 10.7. The molecule has 1 amide bonds.